The van der Waals surface area contributed by atoms with Crippen molar-refractivity contribution in [2.24, 2.45) is 0 Å². The molecule has 2 aromatic carbocycles. The van der Waals surface area contributed by atoms with Gasteiger partial charge in [0.15, 0.2) is 11.6 Å². The first-order valence-electron chi connectivity index (χ1n) is 10.8. The normalized spacial score (nSPS) is 13.9. The lowest BCUT2D eigenvalue weighted by molar-refractivity contribution is -0.118. The van der Waals surface area contributed by atoms with Crippen molar-refractivity contribution in [3.8, 4) is 28.4 Å². The lowest BCUT2D eigenvalue weighted by Gasteiger charge is -2.18. The van der Waals surface area contributed by atoms with E-state index in [0.717, 1.165) is 12.1 Å². The van der Waals surface area contributed by atoms with Gasteiger partial charge in [-0.25, -0.2) is 23.3 Å². The number of pyridine rings is 1. The predicted molar refractivity (Wildman–Crippen MR) is 120 cm³/mol. The second-order valence-corrected chi connectivity index (χ2v) is 8.11. The maximum absolute atomic E-state index is 14.5. The number of benzene rings is 2. The molecule has 2 heterocycles. The van der Waals surface area contributed by atoms with Crippen LogP contribution in [0.25, 0.3) is 22.5 Å². The molecule has 0 aliphatic heterocycles. The lowest BCUT2D eigenvalue weighted by atomic mass is 9.94. The van der Waals surface area contributed by atoms with Gasteiger partial charge in [0.25, 0.3) is 0 Å². The van der Waals surface area contributed by atoms with Crippen LogP contribution in [0.1, 0.15) is 25.3 Å². The minimum atomic E-state index is -1.06. The van der Waals surface area contributed by atoms with Crippen LogP contribution in [0, 0.1) is 17.5 Å². The highest BCUT2D eigenvalue weighted by atomic mass is 19.1. The number of nitrogens with zero attached hydrogens (tertiary/aromatic N) is 4. The van der Waals surface area contributed by atoms with Gasteiger partial charge in [0.2, 0.25) is 11.8 Å². The SMILES string of the molecule is CCOc1ncc(-c2ccc(NC(=O)C3(c4ccc(F)cc4F)CC3)cc2-c2nnn[nH]2)cc1F. The minimum Gasteiger partial charge on any atom is -0.476 e. The smallest absolute Gasteiger partial charge is 0.250 e. The molecule has 4 aromatic rings. The van der Waals surface area contributed by atoms with E-state index in [-0.39, 0.29) is 23.9 Å². The molecule has 0 unspecified atom stereocenters. The first-order valence-corrected chi connectivity index (χ1v) is 10.8. The number of rotatable bonds is 7. The number of tetrazole rings is 1. The molecule has 5 rings (SSSR count). The van der Waals surface area contributed by atoms with E-state index in [4.69, 9.17) is 4.74 Å². The molecule has 1 aliphatic rings. The number of H-pyrrole nitrogens is 1. The number of ether oxygens (including phenoxy) is 1. The van der Waals surface area contributed by atoms with Gasteiger partial charge >= 0.3 is 0 Å². The summed E-state index contributed by atoms with van der Waals surface area (Å²) in [5, 5.41) is 16.6. The molecule has 0 atom stereocenters. The third-order valence-electron chi connectivity index (χ3n) is 5.91. The number of aromatic amines is 1. The van der Waals surface area contributed by atoms with Crippen LogP contribution in [0.15, 0.2) is 48.7 Å². The number of hydrogen-bond acceptors (Lipinski definition) is 6. The summed E-state index contributed by atoms with van der Waals surface area (Å²) < 4.78 is 47.4. The van der Waals surface area contributed by atoms with Crippen LogP contribution < -0.4 is 10.1 Å². The average molecular weight is 480 g/mol. The molecular formula is C24H19F3N6O2. The molecule has 2 N–H and O–H groups in total. The van der Waals surface area contributed by atoms with Gasteiger partial charge in [-0.3, -0.25) is 4.79 Å². The van der Waals surface area contributed by atoms with Gasteiger partial charge in [-0.1, -0.05) is 12.1 Å². The molecule has 1 aliphatic carbocycles. The van der Waals surface area contributed by atoms with Crippen LogP contribution in [0.2, 0.25) is 0 Å². The van der Waals surface area contributed by atoms with E-state index in [1.165, 1.54) is 18.3 Å². The molecule has 0 radical (unpaired) electrons. The quantitative estimate of drug-likeness (QED) is 0.406. The monoisotopic (exact) mass is 480 g/mol. The zero-order valence-electron chi connectivity index (χ0n) is 18.5. The molecule has 8 nitrogen and oxygen atoms in total. The van der Waals surface area contributed by atoms with E-state index in [0.29, 0.717) is 35.2 Å². The molecule has 11 heteroatoms. The highest BCUT2D eigenvalue weighted by Gasteiger charge is 2.52. The molecule has 35 heavy (non-hydrogen) atoms. The molecule has 1 saturated carbocycles. The summed E-state index contributed by atoms with van der Waals surface area (Å²) in [4.78, 5) is 17.2. The highest BCUT2D eigenvalue weighted by molar-refractivity contribution is 6.02. The summed E-state index contributed by atoms with van der Waals surface area (Å²) in [6, 6.07) is 9.43. The number of anilines is 1. The standard InChI is InChI=1S/C24H19F3N6O2/c1-2-35-22-20(27)9-13(12-28-22)16-5-4-15(11-17(16)21-30-32-33-31-21)29-23(34)24(7-8-24)18-6-3-14(25)10-19(18)26/h3-6,9-12H,2,7-8H2,1H3,(H,29,34)(H,30,31,32,33). The summed E-state index contributed by atoms with van der Waals surface area (Å²) in [5.41, 5.74) is 0.980. The topological polar surface area (TPSA) is 106 Å². The Morgan fingerprint density at radius 2 is 1.91 bits per heavy atom. The van der Waals surface area contributed by atoms with Gasteiger partial charge in [0.05, 0.1) is 12.0 Å². The number of hydrogen-bond donors (Lipinski definition) is 2. The van der Waals surface area contributed by atoms with Crippen molar-refractivity contribution in [1.82, 2.24) is 25.6 Å². The van der Waals surface area contributed by atoms with Crippen molar-refractivity contribution in [3.05, 3.63) is 71.7 Å². The van der Waals surface area contributed by atoms with Crippen LogP contribution in [0.5, 0.6) is 5.88 Å². The molecule has 0 saturated heterocycles. The van der Waals surface area contributed by atoms with Crippen molar-refractivity contribution >= 4 is 11.6 Å². The van der Waals surface area contributed by atoms with Gasteiger partial charge in [-0.2, -0.15) is 0 Å². The third-order valence-corrected chi connectivity index (χ3v) is 5.91. The Morgan fingerprint density at radius 1 is 1.09 bits per heavy atom. The minimum absolute atomic E-state index is 0.106. The molecule has 1 fully saturated rings. The van der Waals surface area contributed by atoms with Crippen LogP contribution >= 0.6 is 0 Å². The van der Waals surface area contributed by atoms with Crippen LogP contribution in [0.4, 0.5) is 18.9 Å². The number of carbonyl (C=O) groups excluding carboxylic acids is 1. The van der Waals surface area contributed by atoms with E-state index in [1.807, 2.05) is 0 Å². The fourth-order valence-electron chi connectivity index (χ4n) is 4.03. The second-order valence-electron chi connectivity index (χ2n) is 8.11. The summed E-state index contributed by atoms with van der Waals surface area (Å²) in [5.74, 6) is -2.32. The first kappa shape index (κ1) is 22.5. The fourth-order valence-corrected chi connectivity index (χ4v) is 4.03. The highest BCUT2D eigenvalue weighted by Crippen LogP contribution is 2.50. The van der Waals surface area contributed by atoms with Crippen molar-refractivity contribution in [3.63, 3.8) is 0 Å². The van der Waals surface area contributed by atoms with Gasteiger partial charge in [0.1, 0.15) is 11.6 Å². The van der Waals surface area contributed by atoms with Crippen molar-refractivity contribution < 1.29 is 22.7 Å². The van der Waals surface area contributed by atoms with E-state index in [9.17, 15) is 18.0 Å². The third kappa shape index (κ3) is 4.20. The van der Waals surface area contributed by atoms with Crippen molar-refractivity contribution in [1.29, 1.82) is 0 Å². The average Bonchev–Trinajstić information content (AvgIpc) is 3.45. The maximum Gasteiger partial charge on any atom is 0.250 e. The van der Waals surface area contributed by atoms with E-state index in [2.05, 4.69) is 30.9 Å². The Labute approximate surface area is 197 Å². The fraction of sp³-hybridized carbons (Fsp3) is 0.208. The number of carbonyl (C=O) groups is 1. The Kier molecular flexibility index (Phi) is 5.67. The van der Waals surface area contributed by atoms with Crippen LogP contribution in [-0.4, -0.2) is 38.1 Å². The van der Waals surface area contributed by atoms with Crippen molar-refractivity contribution in [2.45, 2.75) is 25.2 Å². The van der Waals surface area contributed by atoms with Gasteiger partial charge in [-0.15, -0.1) is 5.10 Å². The van der Waals surface area contributed by atoms with E-state index in [1.54, 1.807) is 25.1 Å². The van der Waals surface area contributed by atoms with Crippen molar-refractivity contribution in [2.75, 3.05) is 11.9 Å². The number of amides is 1. The van der Waals surface area contributed by atoms with Gasteiger partial charge in [0, 0.05) is 34.6 Å². The summed E-state index contributed by atoms with van der Waals surface area (Å²) in [6.07, 6.45) is 2.34. The summed E-state index contributed by atoms with van der Waals surface area (Å²) in [6.45, 7) is 2.00. The van der Waals surface area contributed by atoms with Gasteiger partial charge in [-0.05, 0) is 60.0 Å². The number of halogens is 3. The zero-order chi connectivity index (χ0) is 24.6. The lowest BCUT2D eigenvalue weighted by Crippen LogP contribution is -2.28. The Bertz CT molecular complexity index is 1410. The van der Waals surface area contributed by atoms with Gasteiger partial charge < -0.3 is 10.1 Å². The Hall–Kier alpha value is -4.28. The zero-order valence-corrected chi connectivity index (χ0v) is 18.5. The van der Waals surface area contributed by atoms with E-state index < -0.39 is 28.8 Å². The molecule has 2 aromatic heterocycles. The molecule has 178 valence electrons. The van der Waals surface area contributed by atoms with Crippen LogP contribution in [-0.2, 0) is 10.2 Å². The first-order chi connectivity index (χ1) is 16.9. The number of aromatic nitrogens is 5. The summed E-state index contributed by atoms with van der Waals surface area (Å²) >= 11 is 0. The largest absolute Gasteiger partial charge is 0.476 e. The van der Waals surface area contributed by atoms with E-state index >= 15 is 0 Å². The summed E-state index contributed by atoms with van der Waals surface area (Å²) in [7, 11) is 0. The molecule has 0 spiro atoms. The number of nitrogens with one attached hydrogen (secondary N) is 2. The Balaban J connectivity index is 1.48. The molecule has 1 amide bonds. The Morgan fingerprint density at radius 3 is 2.57 bits per heavy atom. The van der Waals surface area contributed by atoms with Crippen LogP contribution in [0.3, 0.4) is 0 Å². The molecule has 0 bridgehead atoms. The predicted octanol–water partition coefficient (Wildman–Crippen LogP) is 4.42. The molecular weight excluding hydrogens is 461 g/mol. The maximum atomic E-state index is 14.5. The second kappa shape index (κ2) is 8.82.